The fraction of sp³-hybridized carbons (Fsp3) is 0.841. The molecule has 0 rings (SSSR count). The summed E-state index contributed by atoms with van der Waals surface area (Å²) in [5.74, 6) is -0.867. The van der Waals surface area contributed by atoms with E-state index in [2.05, 4.69) is 69.4 Å². The molecule has 0 saturated heterocycles. The molecular formula is C69H126O6. The summed E-state index contributed by atoms with van der Waals surface area (Å²) < 4.78 is 17.0. The number of unbranched alkanes of at least 4 members (excludes halogenated alkanes) is 42. The van der Waals surface area contributed by atoms with Crippen molar-refractivity contribution in [2.24, 2.45) is 0 Å². The Morgan fingerprint density at radius 3 is 0.773 bits per heavy atom. The average Bonchev–Trinajstić information content (AvgIpc) is 3.41. The van der Waals surface area contributed by atoms with Crippen LogP contribution in [0.3, 0.4) is 0 Å². The van der Waals surface area contributed by atoms with Gasteiger partial charge in [-0.05, 0) is 103 Å². The lowest BCUT2D eigenvalue weighted by Crippen LogP contribution is -2.30. The van der Waals surface area contributed by atoms with E-state index in [1.807, 2.05) is 0 Å². The molecule has 0 aliphatic heterocycles. The fourth-order valence-electron chi connectivity index (χ4n) is 9.76. The van der Waals surface area contributed by atoms with Gasteiger partial charge < -0.3 is 14.2 Å². The van der Waals surface area contributed by atoms with Crippen molar-refractivity contribution in [2.45, 2.75) is 361 Å². The maximum Gasteiger partial charge on any atom is 0.306 e. The van der Waals surface area contributed by atoms with Crippen molar-refractivity contribution in [1.82, 2.24) is 0 Å². The molecule has 0 fully saturated rings. The van der Waals surface area contributed by atoms with Crippen molar-refractivity contribution in [3.8, 4) is 0 Å². The molecule has 0 radical (unpaired) electrons. The van der Waals surface area contributed by atoms with Crippen LogP contribution in [0.15, 0.2) is 48.6 Å². The van der Waals surface area contributed by atoms with E-state index >= 15 is 0 Å². The smallest absolute Gasteiger partial charge is 0.306 e. The molecule has 0 aromatic heterocycles. The van der Waals surface area contributed by atoms with Gasteiger partial charge in [0.2, 0.25) is 0 Å². The predicted molar refractivity (Wildman–Crippen MR) is 325 cm³/mol. The Hall–Kier alpha value is -2.63. The average molecular weight is 1050 g/mol. The van der Waals surface area contributed by atoms with Gasteiger partial charge in [0.25, 0.3) is 0 Å². The van der Waals surface area contributed by atoms with Gasteiger partial charge in [0.05, 0.1) is 0 Å². The zero-order valence-corrected chi connectivity index (χ0v) is 50.3. The van der Waals surface area contributed by atoms with E-state index < -0.39 is 6.10 Å². The van der Waals surface area contributed by atoms with Crippen LogP contribution in [0.1, 0.15) is 355 Å². The van der Waals surface area contributed by atoms with E-state index in [0.717, 1.165) is 64.2 Å². The third-order valence-corrected chi connectivity index (χ3v) is 14.8. The Morgan fingerprint density at radius 1 is 0.267 bits per heavy atom. The first-order valence-electron chi connectivity index (χ1n) is 33.1. The lowest BCUT2D eigenvalue weighted by molar-refractivity contribution is -0.167. The van der Waals surface area contributed by atoms with Crippen LogP contribution in [0.25, 0.3) is 0 Å². The Balaban J connectivity index is 4.36. The number of allylic oxidation sites excluding steroid dienone is 8. The maximum absolute atomic E-state index is 12.9. The molecule has 0 saturated carbocycles. The molecule has 0 unspecified atom stereocenters. The summed E-state index contributed by atoms with van der Waals surface area (Å²) in [6.45, 7) is 6.66. The molecule has 0 aliphatic carbocycles. The van der Waals surface area contributed by atoms with Crippen LogP contribution in [0.4, 0.5) is 0 Å². The van der Waals surface area contributed by atoms with Gasteiger partial charge in [-0.15, -0.1) is 0 Å². The van der Waals surface area contributed by atoms with Crippen molar-refractivity contribution < 1.29 is 28.6 Å². The minimum Gasteiger partial charge on any atom is -0.462 e. The number of ether oxygens (including phenoxy) is 3. The van der Waals surface area contributed by atoms with Gasteiger partial charge in [0.1, 0.15) is 13.2 Å². The molecular weight excluding hydrogens is 925 g/mol. The number of carbonyl (C=O) groups is 3. The molecule has 0 bridgehead atoms. The molecule has 0 N–H and O–H groups in total. The van der Waals surface area contributed by atoms with Gasteiger partial charge in [-0.3, -0.25) is 14.4 Å². The SMILES string of the molecule is CCCCC/C=C\C/C=C\CCCCCCCCCCCC(=O)OC[C@@H](COC(=O)CCCCCCCCC/C=C\CCCCCCCCCC)OC(=O)CCCCCCCCC/C=C\CCCCCCCCCC. The Morgan fingerprint density at radius 2 is 0.480 bits per heavy atom. The zero-order valence-electron chi connectivity index (χ0n) is 50.3. The summed E-state index contributed by atoms with van der Waals surface area (Å²) in [4.78, 5) is 38.4. The fourth-order valence-corrected chi connectivity index (χ4v) is 9.76. The van der Waals surface area contributed by atoms with Crippen molar-refractivity contribution in [2.75, 3.05) is 13.2 Å². The molecule has 6 nitrogen and oxygen atoms in total. The lowest BCUT2D eigenvalue weighted by Gasteiger charge is -2.18. The van der Waals surface area contributed by atoms with E-state index in [0.29, 0.717) is 19.3 Å². The third-order valence-electron chi connectivity index (χ3n) is 14.8. The van der Waals surface area contributed by atoms with Crippen molar-refractivity contribution in [3.05, 3.63) is 48.6 Å². The molecule has 438 valence electrons. The molecule has 0 aliphatic rings. The quantitative estimate of drug-likeness (QED) is 0.0261. The monoisotopic (exact) mass is 1050 g/mol. The summed E-state index contributed by atoms with van der Waals surface area (Å²) in [7, 11) is 0. The Kier molecular flexibility index (Phi) is 61.7. The first kappa shape index (κ1) is 72.4. The molecule has 6 heteroatoms. The van der Waals surface area contributed by atoms with Gasteiger partial charge in [-0.2, -0.15) is 0 Å². The van der Waals surface area contributed by atoms with Gasteiger partial charge in [0, 0.05) is 19.3 Å². The standard InChI is InChI=1S/C69H126O6/c1-4-7-10-13-16-19-22-25-28-31-34-37-40-43-46-49-52-55-58-61-67(70)73-64-66(75-69(72)63-60-57-54-51-48-45-42-39-36-33-30-27-24-21-18-15-12-9-6-3)65-74-68(71)62-59-56-53-50-47-44-41-38-35-32-29-26-23-20-17-14-11-8-5-2/h16,19,25,28,32-33,35-36,66H,4-15,17-18,20-24,26-27,29-31,34,37-65H2,1-3H3/b19-16-,28-25-,35-32-,36-33-/t66-/m0/s1. The lowest BCUT2D eigenvalue weighted by atomic mass is 10.1. The van der Waals surface area contributed by atoms with Gasteiger partial charge >= 0.3 is 17.9 Å². The van der Waals surface area contributed by atoms with Crippen LogP contribution >= 0.6 is 0 Å². The minimum absolute atomic E-state index is 0.0760. The summed E-state index contributed by atoms with van der Waals surface area (Å²) in [5, 5.41) is 0. The maximum atomic E-state index is 12.9. The summed E-state index contributed by atoms with van der Waals surface area (Å²) in [5.41, 5.74) is 0. The second-order valence-electron chi connectivity index (χ2n) is 22.4. The molecule has 0 heterocycles. The molecule has 1 atom stereocenters. The topological polar surface area (TPSA) is 78.9 Å². The van der Waals surface area contributed by atoms with Crippen LogP contribution < -0.4 is 0 Å². The Bertz CT molecular complexity index is 1300. The van der Waals surface area contributed by atoms with Crippen molar-refractivity contribution >= 4 is 17.9 Å². The highest BCUT2D eigenvalue weighted by atomic mass is 16.6. The summed E-state index contributed by atoms with van der Waals surface area (Å²) in [6, 6.07) is 0. The molecule has 0 spiro atoms. The van der Waals surface area contributed by atoms with Gasteiger partial charge in [0.15, 0.2) is 6.10 Å². The number of esters is 3. The summed E-state index contributed by atoms with van der Waals surface area (Å²) in [6.07, 6.45) is 79.7. The van der Waals surface area contributed by atoms with Crippen molar-refractivity contribution in [1.29, 1.82) is 0 Å². The second kappa shape index (κ2) is 63.9. The van der Waals surface area contributed by atoms with E-state index in [9.17, 15) is 14.4 Å². The number of rotatable bonds is 61. The first-order chi connectivity index (χ1) is 37.0. The second-order valence-corrected chi connectivity index (χ2v) is 22.4. The van der Waals surface area contributed by atoms with E-state index in [1.165, 1.54) is 250 Å². The molecule has 0 aromatic rings. The first-order valence-corrected chi connectivity index (χ1v) is 33.1. The largest absolute Gasteiger partial charge is 0.462 e. The minimum atomic E-state index is -0.780. The van der Waals surface area contributed by atoms with E-state index in [4.69, 9.17) is 14.2 Å². The van der Waals surface area contributed by atoms with Gasteiger partial charge in [-0.25, -0.2) is 0 Å². The number of hydrogen-bond acceptors (Lipinski definition) is 6. The van der Waals surface area contributed by atoms with Gasteiger partial charge in [-0.1, -0.05) is 281 Å². The normalized spacial score (nSPS) is 12.3. The van der Waals surface area contributed by atoms with Crippen LogP contribution in [0.5, 0.6) is 0 Å². The highest BCUT2D eigenvalue weighted by Gasteiger charge is 2.19. The van der Waals surface area contributed by atoms with Crippen LogP contribution in [-0.2, 0) is 28.6 Å². The zero-order chi connectivity index (χ0) is 54.3. The van der Waals surface area contributed by atoms with E-state index in [-0.39, 0.29) is 31.1 Å². The Labute approximate surface area is 467 Å². The highest BCUT2D eigenvalue weighted by Crippen LogP contribution is 2.17. The van der Waals surface area contributed by atoms with Crippen LogP contribution in [0.2, 0.25) is 0 Å². The molecule has 0 amide bonds. The van der Waals surface area contributed by atoms with Crippen molar-refractivity contribution in [3.63, 3.8) is 0 Å². The number of carbonyl (C=O) groups excluding carboxylic acids is 3. The number of hydrogen-bond donors (Lipinski definition) is 0. The van der Waals surface area contributed by atoms with Crippen LogP contribution in [-0.4, -0.2) is 37.2 Å². The molecule has 0 aromatic carbocycles. The van der Waals surface area contributed by atoms with E-state index in [1.54, 1.807) is 0 Å². The highest BCUT2D eigenvalue weighted by molar-refractivity contribution is 5.71. The molecule has 75 heavy (non-hydrogen) atoms. The predicted octanol–water partition coefficient (Wildman–Crippen LogP) is 22.6. The summed E-state index contributed by atoms with van der Waals surface area (Å²) >= 11 is 0. The van der Waals surface area contributed by atoms with Crippen LogP contribution in [0, 0.1) is 0 Å². The third kappa shape index (κ3) is 62.1.